The number of piperazine rings is 1. The van der Waals surface area contributed by atoms with Crippen LogP contribution in [-0.4, -0.2) is 75.2 Å². The van der Waals surface area contributed by atoms with Gasteiger partial charge in [-0.05, 0) is 18.6 Å². The second kappa shape index (κ2) is 8.55. The number of carbonyl (C=O) groups excluding carboxylic acids is 1. The lowest BCUT2D eigenvalue weighted by atomic mass is 10.1. The molecule has 3 rings (SSSR count). The Labute approximate surface area is 149 Å². The van der Waals surface area contributed by atoms with Crippen molar-refractivity contribution >= 4 is 18.3 Å². The van der Waals surface area contributed by atoms with Gasteiger partial charge in [-0.25, -0.2) is 0 Å². The molecule has 0 spiro atoms. The van der Waals surface area contributed by atoms with E-state index < -0.39 is 0 Å². The molecule has 2 saturated heterocycles. The summed E-state index contributed by atoms with van der Waals surface area (Å²) in [6.07, 6.45) is 1.05. The molecule has 0 bridgehead atoms. The Morgan fingerprint density at radius 3 is 2.58 bits per heavy atom. The molecule has 1 N–H and O–H groups in total. The number of carbonyl (C=O) groups is 1. The second-order valence-electron chi connectivity index (χ2n) is 6.05. The van der Waals surface area contributed by atoms with Crippen LogP contribution >= 0.6 is 12.4 Å². The summed E-state index contributed by atoms with van der Waals surface area (Å²) in [7, 11) is 3.19. The van der Waals surface area contributed by atoms with E-state index in [-0.39, 0.29) is 18.3 Å². The maximum absolute atomic E-state index is 12.8. The summed E-state index contributed by atoms with van der Waals surface area (Å²) < 4.78 is 10.6. The van der Waals surface area contributed by atoms with Crippen molar-refractivity contribution in [1.29, 1.82) is 0 Å². The number of benzene rings is 1. The zero-order valence-electron chi connectivity index (χ0n) is 14.3. The van der Waals surface area contributed by atoms with E-state index >= 15 is 0 Å². The lowest BCUT2D eigenvalue weighted by molar-refractivity contribution is 0.0770. The van der Waals surface area contributed by atoms with Crippen LogP contribution in [0.15, 0.2) is 18.2 Å². The van der Waals surface area contributed by atoms with Crippen LogP contribution < -0.4 is 14.8 Å². The maximum Gasteiger partial charge on any atom is 0.257 e. The number of nitrogens with zero attached hydrogens (tertiary/aromatic N) is 2. The van der Waals surface area contributed by atoms with Crippen LogP contribution in [0.5, 0.6) is 11.5 Å². The van der Waals surface area contributed by atoms with E-state index in [4.69, 9.17) is 9.47 Å². The Morgan fingerprint density at radius 2 is 1.92 bits per heavy atom. The van der Waals surface area contributed by atoms with Gasteiger partial charge in [-0.2, -0.15) is 0 Å². The molecule has 134 valence electrons. The first-order chi connectivity index (χ1) is 11.2. The largest absolute Gasteiger partial charge is 0.497 e. The summed E-state index contributed by atoms with van der Waals surface area (Å²) in [5.74, 6) is 1.31. The predicted octanol–water partition coefficient (Wildman–Crippen LogP) is 1.25. The number of hydrogen-bond acceptors (Lipinski definition) is 5. The SMILES string of the molecule is COc1ccc(C(=O)N2CCC(N3CCNCC3)C2)c(OC)c1.Cl. The van der Waals surface area contributed by atoms with Crippen molar-refractivity contribution in [3.63, 3.8) is 0 Å². The Balaban J connectivity index is 0.00000208. The van der Waals surface area contributed by atoms with Crippen LogP contribution in [0, 0.1) is 0 Å². The predicted molar refractivity (Wildman–Crippen MR) is 95.5 cm³/mol. The minimum absolute atomic E-state index is 0. The third-order valence-corrected chi connectivity index (χ3v) is 4.76. The molecule has 24 heavy (non-hydrogen) atoms. The van der Waals surface area contributed by atoms with Gasteiger partial charge in [0.05, 0.1) is 19.8 Å². The molecule has 1 amide bonds. The molecular weight excluding hydrogens is 330 g/mol. The van der Waals surface area contributed by atoms with Gasteiger partial charge in [0.15, 0.2) is 0 Å². The number of hydrogen-bond donors (Lipinski definition) is 1. The molecular formula is C17H26ClN3O3. The van der Waals surface area contributed by atoms with Crippen LogP contribution in [0.2, 0.25) is 0 Å². The van der Waals surface area contributed by atoms with Gasteiger partial charge in [0.1, 0.15) is 11.5 Å². The first-order valence-electron chi connectivity index (χ1n) is 8.19. The Morgan fingerprint density at radius 1 is 1.17 bits per heavy atom. The van der Waals surface area contributed by atoms with E-state index in [2.05, 4.69) is 10.2 Å². The number of methoxy groups -OCH3 is 2. The molecule has 1 atom stereocenters. The van der Waals surface area contributed by atoms with Gasteiger partial charge in [-0.1, -0.05) is 0 Å². The summed E-state index contributed by atoms with van der Waals surface area (Å²) >= 11 is 0. The highest BCUT2D eigenvalue weighted by Gasteiger charge is 2.32. The van der Waals surface area contributed by atoms with Crippen molar-refractivity contribution in [2.45, 2.75) is 12.5 Å². The molecule has 1 aromatic carbocycles. The van der Waals surface area contributed by atoms with Gasteiger partial charge < -0.3 is 19.7 Å². The minimum Gasteiger partial charge on any atom is -0.497 e. The molecule has 0 aromatic heterocycles. The van der Waals surface area contributed by atoms with Crippen LogP contribution in [0.25, 0.3) is 0 Å². The molecule has 6 nitrogen and oxygen atoms in total. The van der Waals surface area contributed by atoms with Gasteiger partial charge in [0.25, 0.3) is 5.91 Å². The van der Waals surface area contributed by atoms with E-state index in [1.54, 1.807) is 32.4 Å². The number of halogens is 1. The average Bonchev–Trinajstić information content (AvgIpc) is 3.11. The normalized spacial score (nSPS) is 21.2. The third kappa shape index (κ3) is 3.94. The topological polar surface area (TPSA) is 54.0 Å². The molecule has 2 heterocycles. The number of nitrogens with one attached hydrogen (secondary N) is 1. The molecule has 0 saturated carbocycles. The van der Waals surface area contributed by atoms with Gasteiger partial charge in [-0.3, -0.25) is 9.69 Å². The fourth-order valence-corrected chi connectivity index (χ4v) is 3.42. The molecule has 2 fully saturated rings. The Kier molecular flexibility index (Phi) is 6.71. The van der Waals surface area contributed by atoms with E-state index in [1.807, 2.05) is 4.90 Å². The fraction of sp³-hybridized carbons (Fsp3) is 0.588. The van der Waals surface area contributed by atoms with Crippen molar-refractivity contribution in [1.82, 2.24) is 15.1 Å². The Bertz CT molecular complexity index is 564. The lowest BCUT2D eigenvalue weighted by Crippen LogP contribution is -2.49. The van der Waals surface area contributed by atoms with Crippen LogP contribution in [0.1, 0.15) is 16.8 Å². The molecule has 1 aromatic rings. The van der Waals surface area contributed by atoms with E-state index in [0.29, 0.717) is 23.1 Å². The second-order valence-corrected chi connectivity index (χ2v) is 6.05. The van der Waals surface area contributed by atoms with E-state index in [9.17, 15) is 4.79 Å². The summed E-state index contributed by atoms with van der Waals surface area (Å²) in [6.45, 7) is 5.82. The maximum atomic E-state index is 12.8. The molecule has 0 aliphatic carbocycles. The van der Waals surface area contributed by atoms with Crippen molar-refractivity contribution in [3.8, 4) is 11.5 Å². The number of rotatable bonds is 4. The number of ether oxygens (including phenoxy) is 2. The fourth-order valence-electron chi connectivity index (χ4n) is 3.42. The number of likely N-dealkylation sites (tertiary alicyclic amines) is 1. The summed E-state index contributed by atoms with van der Waals surface area (Å²) in [4.78, 5) is 17.3. The van der Waals surface area contributed by atoms with Gasteiger partial charge in [0, 0.05) is 51.4 Å². The summed E-state index contributed by atoms with van der Waals surface area (Å²) in [5, 5.41) is 3.37. The quantitative estimate of drug-likeness (QED) is 0.880. The first kappa shape index (κ1) is 18.8. The molecule has 0 radical (unpaired) electrons. The van der Waals surface area contributed by atoms with Crippen LogP contribution in [-0.2, 0) is 0 Å². The smallest absolute Gasteiger partial charge is 0.257 e. The van der Waals surface area contributed by atoms with Crippen molar-refractivity contribution < 1.29 is 14.3 Å². The van der Waals surface area contributed by atoms with Gasteiger partial charge in [0.2, 0.25) is 0 Å². The monoisotopic (exact) mass is 355 g/mol. The molecule has 1 unspecified atom stereocenters. The van der Waals surface area contributed by atoms with Crippen LogP contribution in [0.3, 0.4) is 0 Å². The van der Waals surface area contributed by atoms with Gasteiger partial charge >= 0.3 is 0 Å². The van der Waals surface area contributed by atoms with E-state index in [0.717, 1.165) is 45.7 Å². The summed E-state index contributed by atoms with van der Waals surface area (Å²) in [5.41, 5.74) is 0.606. The Hall–Kier alpha value is -1.50. The number of amides is 1. The molecule has 7 heteroatoms. The highest BCUT2D eigenvalue weighted by atomic mass is 35.5. The van der Waals surface area contributed by atoms with Crippen molar-refractivity contribution in [2.24, 2.45) is 0 Å². The first-order valence-corrected chi connectivity index (χ1v) is 8.19. The molecule has 2 aliphatic heterocycles. The average molecular weight is 356 g/mol. The zero-order chi connectivity index (χ0) is 16.2. The summed E-state index contributed by atoms with van der Waals surface area (Å²) in [6, 6.07) is 5.83. The van der Waals surface area contributed by atoms with Crippen LogP contribution in [0.4, 0.5) is 0 Å². The highest BCUT2D eigenvalue weighted by molar-refractivity contribution is 5.97. The van der Waals surface area contributed by atoms with Crippen molar-refractivity contribution in [2.75, 3.05) is 53.5 Å². The zero-order valence-corrected chi connectivity index (χ0v) is 15.1. The third-order valence-electron chi connectivity index (χ3n) is 4.76. The minimum atomic E-state index is 0. The van der Waals surface area contributed by atoms with Gasteiger partial charge in [-0.15, -0.1) is 12.4 Å². The van der Waals surface area contributed by atoms with Crippen molar-refractivity contribution in [3.05, 3.63) is 23.8 Å². The highest BCUT2D eigenvalue weighted by Crippen LogP contribution is 2.27. The lowest BCUT2D eigenvalue weighted by Gasteiger charge is -2.32. The standard InChI is InChI=1S/C17H25N3O3.ClH/c1-22-14-3-4-15(16(11-14)23-2)17(21)20-8-5-13(12-20)19-9-6-18-7-10-19;/h3-4,11,13,18H,5-10,12H2,1-2H3;1H. The van der Waals surface area contributed by atoms with E-state index in [1.165, 1.54) is 0 Å². The molecule has 2 aliphatic rings.